The van der Waals surface area contributed by atoms with E-state index in [-0.39, 0.29) is 16.9 Å². The summed E-state index contributed by atoms with van der Waals surface area (Å²) in [6.45, 7) is 0. The lowest BCUT2D eigenvalue weighted by atomic mass is 10.2. The molecule has 27 heavy (non-hydrogen) atoms. The first-order valence-electron chi connectivity index (χ1n) is 7.90. The molecule has 0 saturated carbocycles. The largest absolute Gasteiger partial charge is 0.321 e. The van der Waals surface area contributed by atoms with E-state index in [2.05, 4.69) is 15.6 Å². The molecular formula is C20H13FN4O2. The average Bonchev–Trinajstić information content (AvgIpc) is 2.70. The van der Waals surface area contributed by atoms with Crippen LogP contribution in [0.2, 0.25) is 0 Å². The van der Waals surface area contributed by atoms with Crippen LogP contribution >= 0.6 is 0 Å². The van der Waals surface area contributed by atoms with Crippen LogP contribution in [-0.4, -0.2) is 16.8 Å². The zero-order valence-corrected chi connectivity index (χ0v) is 13.9. The molecule has 0 aliphatic carbocycles. The van der Waals surface area contributed by atoms with Crippen molar-refractivity contribution in [2.45, 2.75) is 0 Å². The number of nitrogens with one attached hydrogen (secondary N) is 2. The Morgan fingerprint density at radius 1 is 0.963 bits per heavy atom. The number of rotatable bonds is 4. The van der Waals surface area contributed by atoms with Crippen molar-refractivity contribution >= 4 is 23.2 Å². The lowest BCUT2D eigenvalue weighted by Gasteiger charge is -2.08. The number of benzene rings is 2. The molecule has 0 saturated heterocycles. The molecule has 6 nitrogen and oxygen atoms in total. The number of nitriles is 1. The summed E-state index contributed by atoms with van der Waals surface area (Å²) < 4.78 is 13.7. The maximum atomic E-state index is 13.7. The number of amides is 2. The Morgan fingerprint density at radius 3 is 2.56 bits per heavy atom. The molecule has 7 heteroatoms. The molecule has 2 aromatic carbocycles. The number of para-hydroxylation sites is 1. The number of hydrogen-bond donors (Lipinski definition) is 2. The van der Waals surface area contributed by atoms with Gasteiger partial charge in [0.05, 0.1) is 17.3 Å². The third-order valence-electron chi connectivity index (χ3n) is 3.63. The van der Waals surface area contributed by atoms with E-state index >= 15 is 0 Å². The molecule has 3 rings (SSSR count). The minimum absolute atomic E-state index is 0.0125. The number of carbonyl (C=O) groups excluding carboxylic acids is 2. The van der Waals surface area contributed by atoms with E-state index in [0.717, 1.165) is 0 Å². The summed E-state index contributed by atoms with van der Waals surface area (Å²) in [6, 6.07) is 16.9. The molecule has 3 aromatic rings. The highest BCUT2D eigenvalue weighted by Crippen LogP contribution is 2.15. The summed E-state index contributed by atoms with van der Waals surface area (Å²) in [5.41, 5.74) is 1.04. The van der Waals surface area contributed by atoms with Crippen LogP contribution in [-0.2, 0) is 0 Å². The highest BCUT2D eigenvalue weighted by atomic mass is 19.1. The van der Waals surface area contributed by atoms with Crippen molar-refractivity contribution < 1.29 is 14.0 Å². The number of halogens is 1. The van der Waals surface area contributed by atoms with Gasteiger partial charge in [-0.3, -0.25) is 14.6 Å². The number of hydrogen-bond acceptors (Lipinski definition) is 4. The van der Waals surface area contributed by atoms with Crippen molar-refractivity contribution in [1.82, 2.24) is 4.98 Å². The lowest BCUT2D eigenvalue weighted by molar-refractivity contribution is 0.102. The monoisotopic (exact) mass is 360 g/mol. The Hall–Kier alpha value is -4.05. The highest BCUT2D eigenvalue weighted by molar-refractivity contribution is 6.07. The molecule has 1 aromatic heterocycles. The molecule has 2 N–H and O–H groups in total. The smallest absolute Gasteiger partial charge is 0.274 e. The van der Waals surface area contributed by atoms with Gasteiger partial charge in [-0.15, -0.1) is 0 Å². The van der Waals surface area contributed by atoms with Crippen LogP contribution in [0.4, 0.5) is 15.8 Å². The molecule has 0 atom stereocenters. The van der Waals surface area contributed by atoms with Gasteiger partial charge >= 0.3 is 0 Å². The molecule has 1 heterocycles. The fraction of sp³-hybridized carbons (Fsp3) is 0. The summed E-state index contributed by atoms with van der Waals surface area (Å²) in [6.07, 6.45) is 1.32. The third-order valence-corrected chi connectivity index (χ3v) is 3.63. The van der Waals surface area contributed by atoms with E-state index in [4.69, 9.17) is 5.26 Å². The van der Waals surface area contributed by atoms with Crippen molar-refractivity contribution in [2.24, 2.45) is 0 Å². The van der Waals surface area contributed by atoms with E-state index < -0.39 is 17.6 Å². The first-order valence-corrected chi connectivity index (χ1v) is 7.90. The Labute approximate surface area is 154 Å². The van der Waals surface area contributed by atoms with Gasteiger partial charge in [-0.1, -0.05) is 18.2 Å². The second-order valence-corrected chi connectivity index (χ2v) is 5.51. The molecule has 2 amide bonds. The SMILES string of the molecule is N#Cc1cccc(NC(=O)c2cc(C(=O)Nc3ccccc3F)ccn2)c1. The Balaban J connectivity index is 1.76. The van der Waals surface area contributed by atoms with Crippen LogP contribution in [0, 0.1) is 17.1 Å². The number of pyridine rings is 1. The molecule has 0 aliphatic heterocycles. The van der Waals surface area contributed by atoms with E-state index in [1.165, 1.54) is 42.6 Å². The van der Waals surface area contributed by atoms with Crippen LogP contribution in [0.25, 0.3) is 0 Å². The molecule has 0 fully saturated rings. The maximum absolute atomic E-state index is 13.7. The predicted molar refractivity (Wildman–Crippen MR) is 97.7 cm³/mol. The van der Waals surface area contributed by atoms with E-state index in [9.17, 15) is 14.0 Å². The Bertz CT molecular complexity index is 1060. The van der Waals surface area contributed by atoms with Gasteiger partial charge in [0.25, 0.3) is 11.8 Å². The van der Waals surface area contributed by atoms with Gasteiger partial charge in [0.1, 0.15) is 11.5 Å². The average molecular weight is 360 g/mol. The predicted octanol–water partition coefficient (Wildman–Crippen LogP) is 3.60. The number of anilines is 2. The van der Waals surface area contributed by atoms with E-state index in [0.29, 0.717) is 11.3 Å². The molecular weight excluding hydrogens is 347 g/mol. The van der Waals surface area contributed by atoms with Crippen molar-refractivity contribution in [3.63, 3.8) is 0 Å². The first kappa shape index (κ1) is 17.8. The van der Waals surface area contributed by atoms with Crippen LogP contribution in [0.1, 0.15) is 26.4 Å². The van der Waals surface area contributed by atoms with Gasteiger partial charge in [0, 0.05) is 17.4 Å². The molecule has 132 valence electrons. The minimum atomic E-state index is -0.567. The first-order chi connectivity index (χ1) is 13.1. The fourth-order valence-electron chi connectivity index (χ4n) is 2.31. The Morgan fingerprint density at radius 2 is 1.78 bits per heavy atom. The van der Waals surface area contributed by atoms with Crippen LogP contribution in [0.3, 0.4) is 0 Å². The van der Waals surface area contributed by atoms with Crippen molar-refractivity contribution in [3.05, 3.63) is 89.5 Å². The van der Waals surface area contributed by atoms with E-state index in [1.807, 2.05) is 6.07 Å². The molecule has 0 bridgehead atoms. The molecule has 0 aliphatic rings. The van der Waals surface area contributed by atoms with Gasteiger partial charge in [0.15, 0.2) is 0 Å². The van der Waals surface area contributed by atoms with Crippen molar-refractivity contribution in [1.29, 1.82) is 5.26 Å². The lowest BCUT2D eigenvalue weighted by Crippen LogP contribution is -2.17. The Kier molecular flexibility index (Phi) is 5.19. The third kappa shape index (κ3) is 4.32. The normalized spacial score (nSPS) is 9.93. The van der Waals surface area contributed by atoms with Crippen LogP contribution in [0.5, 0.6) is 0 Å². The standard InChI is InChI=1S/C20H13FN4O2/c21-16-6-1-2-7-17(16)25-19(26)14-8-9-23-18(11-14)20(27)24-15-5-3-4-13(10-15)12-22/h1-11H,(H,24,27)(H,25,26). The zero-order chi connectivity index (χ0) is 19.2. The fourth-order valence-corrected chi connectivity index (χ4v) is 2.31. The molecule has 0 unspecified atom stereocenters. The highest BCUT2D eigenvalue weighted by Gasteiger charge is 2.13. The second kappa shape index (κ2) is 7.89. The topological polar surface area (TPSA) is 94.9 Å². The summed E-state index contributed by atoms with van der Waals surface area (Å²) in [7, 11) is 0. The van der Waals surface area contributed by atoms with Crippen LogP contribution < -0.4 is 10.6 Å². The molecule has 0 spiro atoms. The van der Waals surface area contributed by atoms with Crippen molar-refractivity contribution in [2.75, 3.05) is 10.6 Å². The van der Waals surface area contributed by atoms with Gasteiger partial charge in [0.2, 0.25) is 0 Å². The summed E-state index contributed by atoms with van der Waals surface area (Å²) in [4.78, 5) is 28.6. The molecule has 0 radical (unpaired) electrons. The van der Waals surface area contributed by atoms with E-state index in [1.54, 1.807) is 24.3 Å². The maximum Gasteiger partial charge on any atom is 0.274 e. The van der Waals surface area contributed by atoms with Gasteiger partial charge in [-0.25, -0.2) is 4.39 Å². The van der Waals surface area contributed by atoms with Crippen molar-refractivity contribution in [3.8, 4) is 6.07 Å². The second-order valence-electron chi connectivity index (χ2n) is 5.51. The summed E-state index contributed by atoms with van der Waals surface area (Å²) in [5.74, 6) is -1.66. The number of carbonyl (C=O) groups is 2. The summed E-state index contributed by atoms with van der Waals surface area (Å²) >= 11 is 0. The van der Waals surface area contributed by atoms with Gasteiger partial charge < -0.3 is 10.6 Å². The minimum Gasteiger partial charge on any atom is -0.321 e. The number of nitrogens with zero attached hydrogens (tertiary/aromatic N) is 2. The van der Waals surface area contributed by atoms with Crippen LogP contribution in [0.15, 0.2) is 66.9 Å². The number of aromatic nitrogens is 1. The zero-order valence-electron chi connectivity index (χ0n) is 13.9. The van der Waals surface area contributed by atoms with Gasteiger partial charge in [-0.05, 0) is 42.5 Å². The van der Waals surface area contributed by atoms with Gasteiger partial charge in [-0.2, -0.15) is 5.26 Å². The quantitative estimate of drug-likeness (QED) is 0.743. The summed E-state index contributed by atoms with van der Waals surface area (Å²) in [5, 5.41) is 14.0.